The number of unbranched alkanes of at least 4 members (excludes halogenated alkanes) is 1. The maximum Gasteiger partial charge on any atom is 0.149 e. The highest BCUT2D eigenvalue weighted by Gasteiger charge is 2.41. The van der Waals surface area contributed by atoms with E-state index in [2.05, 4.69) is 11.8 Å². The predicted molar refractivity (Wildman–Crippen MR) is 71.1 cm³/mol. The monoisotopic (exact) mass is 237 g/mol. The summed E-state index contributed by atoms with van der Waals surface area (Å²) in [7, 11) is 0. The third kappa shape index (κ3) is 2.73. The summed E-state index contributed by atoms with van der Waals surface area (Å²) < 4.78 is 0. The quantitative estimate of drug-likeness (QED) is 0.729. The molecule has 98 valence electrons. The second-order valence-corrected chi connectivity index (χ2v) is 5.74. The van der Waals surface area contributed by atoms with E-state index < -0.39 is 0 Å². The predicted octanol–water partition coefficient (Wildman–Crippen LogP) is 3.54. The van der Waals surface area contributed by atoms with E-state index >= 15 is 0 Å². The van der Waals surface area contributed by atoms with Crippen LogP contribution in [0.1, 0.15) is 71.6 Å². The summed E-state index contributed by atoms with van der Waals surface area (Å²) in [5.41, 5.74) is 0. The minimum Gasteiger partial charge on any atom is -0.298 e. The molecular weight excluding hydrogens is 210 g/mol. The summed E-state index contributed by atoms with van der Waals surface area (Å²) >= 11 is 0. The second kappa shape index (κ2) is 5.99. The first-order chi connectivity index (χ1) is 8.27. The van der Waals surface area contributed by atoms with Crippen LogP contribution in [0.2, 0.25) is 0 Å². The number of hydrogen-bond donors (Lipinski definition) is 0. The van der Waals surface area contributed by atoms with Gasteiger partial charge in [0.2, 0.25) is 0 Å². The maximum absolute atomic E-state index is 12.1. The number of carbonyl (C=O) groups is 1. The number of Topliss-reactive ketones (excluding diaryl/α,β-unsaturated/α-hetero) is 1. The van der Waals surface area contributed by atoms with Crippen LogP contribution < -0.4 is 0 Å². The van der Waals surface area contributed by atoms with E-state index in [-0.39, 0.29) is 6.04 Å². The minimum absolute atomic E-state index is 0.267. The van der Waals surface area contributed by atoms with Gasteiger partial charge in [-0.25, -0.2) is 0 Å². The van der Waals surface area contributed by atoms with Gasteiger partial charge in [0.05, 0.1) is 6.04 Å². The van der Waals surface area contributed by atoms with Crippen LogP contribution in [0.15, 0.2) is 0 Å². The molecule has 2 rings (SSSR count). The first-order valence-corrected chi connectivity index (χ1v) is 7.58. The lowest BCUT2D eigenvalue weighted by molar-refractivity contribution is -0.126. The number of piperidine rings is 1. The molecular formula is C15H27NO. The summed E-state index contributed by atoms with van der Waals surface area (Å²) in [5.74, 6) is 0.484. The van der Waals surface area contributed by atoms with Gasteiger partial charge in [0.1, 0.15) is 5.78 Å². The number of fused-ring (bicyclic) bond motifs is 1. The van der Waals surface area contributed by atoms with Gasteiger partial charge in [-0.1, -0.05) is 26.7 Å². The Morgan fingerprint density at radius 1 is 1.18 bits per heavy atom. The molecule has 0 aromatic carbocycles. The average Bonchev–Trinajstić information content (AvgIpc) is 2.78. The molecule has 0 radical (unpaired) electrons. The van der Waals surface area contributed by atoms with Crippen LogP contribution in [0.25, 0.3) is 0 Å². The highest BCUT2D eigenvalue weighted by atomic mass is 16.1. The van der Waals surface area contributed by atoms with E-state index in [1.807, 2.05) is 6.92 Å². The van der Waals surface area contributed by atoms with E-state index in [0.717, 1.165) is 12.5 Å². The molecule has 2 saturated heterocycles. The first kappa shape index (κ1) is 13.1. The van der Waals surface area contributed by atoms with Crippen molar-refractivity contribution in [1.82, 2.24) is 4.90 Å². The Kier molecular flexibility index (Phi) is 4.61. The summed E-state index contributed by atoms with van der Waals surface area (Å²) in [6.45, 7) is 4.28. The summed E-state index contributed by atoms with van der Waals surface area (Å²) in [5, 5.41) is 0. The normalized spacial score (nSPS) is 33.6. The zero-order valence-corrected chi connectivity index (χ0v) is 11.5. The fourth-order valence-electron chi connectivity index (χ4n) is 3.78. The van der Waals surface area contributed by atoms with Gasteiger partial charge in [0.25, 0.3) is 0 Å². The SMILES string of the molecule is CCCC[C@@H]1CC[C@H]2CCC[C@@H](C(=O)CC)N12. The summed E-state index contributed by atoms with van der Waals surface area (Å²) in [4.78, 5) is 14.7. The third-order valence-electron chi connectivity index (χ3n) is 4.66. The second-order valence-electron chi connectivity index (χ2n) is 5.74. The molecule has 0 spiro atoms. The summed E-state index contributed by atoms with van der Waals surface area (Å²) in [6, 6.07) is 1.70. The number of nitrogens with zero attached hydrogens (tertiary/aromatic N) is 1. The van der Waals surface area contributed by atoms with Crippen molar-refractivity contribution in [2.24, 2.45) is 0 Å². The number of ketones is 1. The van der Waals surface area contributed by atoms with E-state index in [1.54, 1.807) is 0 Å². The molecule has 0 unspecified atom stereocenters. The van der Waals surface area contributed by atoms with Crippen molar-refractivity contribution in [2.45, 2.75) is 89.8 Å². The maximum atomic E-state index is 12.1. The van der Waals surface area contributed by atoms with Crippen LogP contribution in [0.3, 0.4) is 0 Å². The highest BCUT2D eigenvalue weighted by Crippen LogP contribution is 2.37. The smallest absolute Gasteiger partial charge is 0.149 e. The van der Waals surface area contributed by atoms with Crippen molar-refractivity contribution in [2.75, 3.05) is 0 Å². The Bertz CT molecular complexity index is 264. The van der Waals surface area contributed by atoms with Gasteiger partial charge < -0.3 is 0 Å². The van der Waals surface area contributed by atoms with E-state index in [9.17, 15) is 4.79 Å². The molecule has 2 aliphatic rings. The molecule has 2 aliphatic heterocycles. The minimum atomic E-state index is 0.267. The van der Waals surface area contributed by atoms with Crippen LogP contribution in [0.4, 0.5) is 0 Å². The standard InChI is InChI=1S/C15H27NO/c1-3-5-7-12-10-11-13-8-6-9-14(16(12)13)15(17)4-2/h12-14H,3-11H2,1-2H3/t12-,13-,14+/m1/s1. The van der Waals surface area contributed by atoms with Gasteiger partial charge in [0, 0.05) is 18.5 Å². The van der Waals surface area contributed by atoms with E-state index in [1.165, 1.54) is 44.9 Å². The van der Waals surface area contributed by atoms with Crippen molar-refractivity contribution in [3.05, 3.63) is 0 Å². The van der Waals surface area contributed by atoms with Gasteiger partial charge in [-0.05, 0) is 38.5 Å². The van der Waals surface area contributed by atoms with Crippen molar-refractivity contribution >= 4 is 5.78 Å². The van der Waals surface area contributed by atoms with Gasteiger partial charge in [-0.2, -0.15) is 0 Å². The van der Waals surface area contributed by atoms with E-state index in [4.69, 9.17) is 0 Å². The van der Waals surface area contributed by atoms with Gasteiger partial charge in [-0.3, -0.25) is 9.69 Å². The molecule has 2 heteroatoms. The lowest BCUT2D eigenvalue weighted by Crippen LogP contribution is -2.50. The van der Waals surface area contributed by atoms with Crippen LogP contribution in [0, 0.1) is 0 Å². The Morgan fingerprint density at radius 2 is 2.00 bits per heavy atom. The molecule has 0 bridgehead atoms. The molecule has 2 nitrogen and oxygen atoms in total. The Labute approximate surface area is 106 Å². The molecule has 0 amide bonds. The molecule has 0 N–H and O–H groups in total. The zero-order valence-electron chi connectivity index (χ0n) is 11.5. The molecule has 2 fully saturated rings. The van der Waals surface area contributed by atoms with Crippen LogP contribution >= 0.6 is 0 Å². The molecule has 3 atom stereocenters. The largest absolute Gasteiger partial charge is 0.298 e. The molecule has 0 saturated carbocycles. The Balaban J connectivity index is 2.04. The number of rotatable bonds is 5. The Hall–Kier alpha value is -0.370. The third-order valence-corrected chi connectivity index (χ3v) is 4.66. The Morgan fingerprint density at radius 3 is 2.71 bits per heavy atom. The van der Waals surface area contributed by atoms with Crippen LogP contribution in [-0.2, 0) is 4.79 Å². The van der Waals surface area contributed by atoms with Crippen molar-refractivity contribution in [3.63, 3.8) is 0 Å². The fourth-order valence-corrected chi connectivity index (χ4v) is 3.78. The van der Waals surface area contributed by atoms with Crippen molar-refractivity contribution in [1.29, 1.82) is 0 Å². The van der Waals surface area contributed by atoms with Gasteiger partial charge in [0.15, 0.2) is 0 Å². The van der Waals surface area contributed by atoms with Crippen LogP contribution in [0.5, 0.6) is 0 Å². The molecule has 0 aliphatic carbocycles. The topological polar surface area (TPSA) is 20.3 Å². The molecule has 17 heavy (non-hydrogen) atoms. The average molecular weight is 237 g/mol. The van der Waals surface area contributed by atoms with Gasteiger partial charge in [-0.15, -0.1) is 0 Å². The highest BCUT2D eigenvalue weighted by molar-refractivity contribution is 5.83. The zero-order chi connectivity index (χ0) is 12.3. The lowest BCUT2D eigenvalue weighted by atomic mass is 9.92. The number of hydrogen-bond acceptors (Lipinski definition) is 2. The molecule has 0 aromatic rings. The lowest BCUT2D eigenvalue weighted by Gasteiger charge is -2.40. The fraction of sp³-hybridized carbons (Fsp3) is 0.933. The van der Waals surface area contributed by atoms with Crippen molar-refractivity contribution < 1.29 is 4.79 Å². The van der Waals surface area contributed by atoms with Gasteiger partial charge >= 0.3 is 0 Å². The first-order valence-electron chi connectivity index (χ1n) is 7.58. The molecule has 0 aromatic heterocycles. The summed E-state index contributed by atoms with van der Waals surface area (Å²) in [6.07, 6.45) is 11.0. The van der Waals surface area contributed by atoms with E-state index in [0.29, 0.717) is 18.2 Å². The molecule has 2 heterocycles. The number of carbonyl (C=O) groups excluding carboxylic acids is 1. The van der Waals surface area contributed by atoms with Crippen LogP contribution in [-0.4, -0.2) is 28.8 Å². The van der Waals surface area contributed by atoms with Crippen molar-refractivity contribution in [3.8, 4) is 0 Å².